The molecule has 2 heteroatoms. The van der Waals surface area contributed by atoms with Gasteiger partial charge in [0.15, 0.2) is 0 Å². The first-order chi connectivity index (χ1) is 7.18. The second-order valence-electron chi connectivity index (χ2n) is 4.20. The Hall–Kier alpha value is -1.57. The molecule has 0 bridgehead atoms. The van der Waals surface area contributed by atoms with Gasteiger partial charge < -0.3 is 5.11 Å². The lowest BCUT2D eigenvalue weighted by atomic mass is 9.81. The zero-order valence-electron chi connectivity index (χ0n) is 8.57. The summed E-state index contributed by atoms with van der Waals surface area (Å²) in [5, 5.41) is 9.32. The highest BCUT2D eigenvalue weighted by Crippen LogP contribution is 2.40. The number of hydrogen-bond acceptors (Lipinski definition) is 1. The van der Waals surface area contributed by atoms with Crippen molar-refractivity contribution in [2.75, 3.05) is 0 Å². The molecular formula is C13H14O2. The van der Waals surface area contributed by atoms with Crippen molar-refractivity contribution in [3.8, 4) is 0 Å². The minimum absolute atomic E-state index is 0.539. The highest BCUT2D eigenvalue weighted by molar-refractivity contribution is 5.77. The third-order valence-corrected chi connectivity index (χ3v) is 3.16. The average molecular weight is 202 g/mol. The molecule has 0 radical (unpaired) electrons. The van der Waals surface area contributed by atoms with E-state index in [1.54, 1.807) is 6.08 Å². The van der Waals surface area contributed by atoms with Crippen LogP contribution in [0.5, 0.6) is 0 Å². The molecule has 2 nitrogen and oxygen atoms in total. The number of carboxylic acid groups (broad SMARTS) is 1. The van der Waals surface area contributed by atoms with Crippen LogP contribution in [0.3, 0.4) is 0 Å². The minimum atomic E-state index is -0.710. The molecule has 0 saturated carbocycles. The molecule has 78 valence electrons. The number of aliphatic carboxylic acids is 1. The highest BCUT2D eigenvalue weighted by Gasteiger charge is 2.42. The van der Waals surface area contributed by atoms with E-state index in [1.807, 2.05) is 24.3 Å². The van der Waals surface area contributed by atoms with Crippen molar-refractivity contribution in [1.82, 2.24) is 0 Å². The summed E-state index contributed by atoms with van der Waals surface area (Å²) in [5.74, 6) is -0.710. The number of carbonyl (C=O) groups is 1. The van der Waals surface area contributed by atoms with Gasteiger partial charge in [-0.1, -0.05) is 30.3 Å². The van der Waals surface area contributed by atoms with Crippen molar-refractivity contribution in [3.05, 3.63) is 48.0 Å². The Bertz CT molecular complexity index is 382. The van der Waals surface area contributed by atoms with E-state index in [0.717, 1.165) is 0 Å². The molecule has 0 amide bonds. The van der Waals surface area contributed by atoms with Gasteiger partial charge in [0.1, 0.15) is 0 Å². The van der Waals surface area contributed by atoms with Crippen LogP contribution in [0, 0.1) is 5.41 Å². The molecule has 2 rings (SSSR count). The fourth-order valence-electron chi connectivity index (χ4n) is 2.35. The maximum absolute atomic E-state index is 11.3. The number of rotatable bonds is 3. The first kappa shape index (κ1) is 9.97. The lowest BCUT2D eigenvalue weighted by Gasteiger charge is -2.21. The molecule has 1 aromatic rings. The zero-order chi connectivity index (χ0) is 10.9. The van der Waals surface area contributed by atoms with Crippen LogP contribution in [0.25, 0.3) is 0 Å². The highest BCUT2D eigenvalue weighted by atomic mass is 16.4. The maximum Gasteiger partial charge on any atom is 0.310 e. The SMILES string of the molecule is C=CCC1(C(=O)O)Cc2ccccc2C1. The molecule has 0 aliphatic heterocycles. The van der Waals surface area contributed by atoms with Gasteiger partial charge in [0, 0.05) is 0 Å². The second-order valence-corrected chi connectivity index (χ2v) is 4.20. The Balaban J connectivity index is 2.36. The molecule has 15 heavy (non-hydrogen) atoms. The molecule has 0 saturated heterocycles. The lowest BCUT2D eigenvalue weighted by molar-refractivity contribution is -0.148. The smallest absolute Gasteiger partial charge is 0.310 e. The van der Waals surface area contributed by atoms with E-state index in [2.05, 4.69) is 6.58 Å². The van der Waals surface area contributed by atoms with Gasteiger partial charge in [-0.15, -0.1) is 6.58 Å². The quantitative estimate of drug-likeness (QED) is 0.764. The lowest BCUT2D eigenvalue weighted by Crippen LogP contribution is -2.31. The first-order valence-electron chi connectivity index (χ1n) is 5.09. The summed E-state index contributed by atoms with van der Waals surface area (Å²) in [4.78, 5) is 11.3. The fourth-order valence-corrected chi connectivity index (χ4v) is 2.35. The molecule has 0 unspecified atom stereocenters. The van der Waals surface area contributed by atoms with Crippen LogP contribution in [0.1, 0.15) is 17.5 Å². The summed E-state index contributed by atoms with van der Waals surface area (Å²) in [6, 6.07) is 7.96. The van der Waals surface area contributed by atoms with Crippen molar-refractivity contribution >= 4 is 5.97 Å². The molecule has 1 aliphatic rings. The Labute approximate surface area is 89.2 Å². The van der Waals surface area contributed by atoms with Crippen LogP contribution in [0.2, 0.25) is 0 Å². The third-order valence-electron chi connectivity index (χ3n) is 3.16. The van der Waals surface area contributed by atoms with E-state index in [4.69, 9.17) is 0 Å². The molecule has 0 spiro atoms. The number of carboxylic acids is 1. The predicted molar refractivity (Wildman–Crippen MR) is 58.7 cm³/mol. The van der Waals surface area contributed by atoms with Gasteiger partial charge >= 0.3 is 5.97 Å². The van der Waals surface area contributed by atoms with Crippen molar-refractivity contribution in [2.45, 2.75) is 19.3 Å². The molecule has 1 aliphatic carbocycles. The van der Waals surface area contributed by atoms with Gasteiger partial charge in [-0.05, 0) is 30.4 Å². The number of fused-ring (bicyclic) bond motifs is 1. The number of hydrogen-bond donors (Lipinski definition) is 1. The van der Waals surface area contributed by atoms with Crippen LogP contribution >= 0.6 is 0 Å². The number of benzene rings is 1. The van der Waals surface area contributed by atoms with Gasteiger partial charge in [-0.3, -0.25) is 4.79 Å². The summed E-state index contributed by atoms with van der Waals surface area (Å²) in [6.45, 7) is 3.65. The topological polar surface area (TPSA) is 37.3 Å². The predicted octanol–water partition coefficient (Wildman–Crippen LogP) is 2.43. The van der Waals surface area contributed by atoms with Gasteiger partial charge in [0.25, 0.3) is 0 Å². The monoisotopic (exact) mass is 202 g/mol. The average Bonchev–Trinajstić information content (AvgIpc) is 2.57. The van der Waals surface area contributed by atoms with E-state index >= 15 is 0 Å². The number of allylic oxidation sites excluding steroid dienone is 1. The maximum atomic E-state index is 11.3. The van der Waals surface area contributed by atoms with Crippen molar-refractivity contribution in [3.63, 3.8) is 0 Å². The van der Waals surface area contributed by atoms with Crippen molar-refractivity contribution < 1.29 is 9.90 Å². The molecule has 0 fully saturated rings. The van der Waals surface area contributed by atoms with E-state index in [1.165, 1.54) is 11.1 Å². The standard InChI is InChI=1S/C13H14O2/c1-2-7-13(12(14)15)8-10-5-3-4-6-11(10)9-13/h2-6H,1,7-9H2,(H,14,15). The Kier molecular flexibility index (Phi) is 2.35. The van der Waals surface area contributed by atoms with Gasteiger partial charge in [-0.2, -0.15) is 0 Å². The van der Waals surface area contributed by atoms with Crippen LogP contribution in [-0.2, 0) is 17.6 Å². The summed E-state index contributed by atoms with van der Waals surface area (Å²) in [6.07, 6.45) is 3.51. The van der Waals surface area contributed by atoms with Crippen LogP contribution in [0.15, 0.2) is 36.9 Å². The van der Waals surface area contributed by atoms with E-state index in [0.29, 0.717) is 19.3 Å². The van der Waals surface area contributed by atoms with Gasteiger partial charge in [0.05, 0.1) is 5.41 Å². The molecule has 0 atom stereocenters. The third kappa shape index (κ3) is 1.56. The molecule has 1 N–H and O–H groups in total. The van der Waals surface area contributed by atoms with Crippen LogP contribution in [-0.4, -0.2) is 11.1 Å². The summed E-state index contributed by atoms with van der Waals surface area (Å²) in [5.41, 5.74) is 1.69. The van der Waals surface area contributed by atoms with Crippen LogP contribution < -0.4 is 0 Å². The zero-order valence-corrected chi connectivity index (χ0v) is 8.57. The first-order valence-corrected chi connectivity index (χ1v) is 5.09. The molecule has 1 aromatic carbocycles. The Morgan fingerprint density at radius 3 is 2.33 bits per heavy atom. The van der Waals surface area contributed by atoms with Crippen LogP contribution in [0.4, 0.5) is 0 Å². The van der Waals surface area contributed by atoms with E-state index in [9.17, 15) is 9.90 Å². The Morgan fingerprint density at radius 1 is 1.40 bits per heavy atom. The van der Waals surface area contributed by atoms with E-state index in [-0.39, 0.29) is 0 Å². The molecule has 0 aromatic heterocycles. The fraction of sp³-hybridized carbons (Fsp3) is 0.308. The second kappa shape index (κ2) is 3.54. The van der Waals surface area contributed by atoms with Gasteiger partial charge in [0.2, 0.25) is 0 Å². The summed E-state index contributed by atoms with van der Waals surface area (Å²) >= 11 is 0. The van der Waals surface area contributed by atoms with Gasteiger partial charge in [-0.25, -0.2) is 0 Å². The van der Waals surface area contributed by atoms with E-state index < -0.39 is 11.4 Å². The molecule has 0 heterocycles. The molecular weight excluding hydrogens is 188 g/mol. The minimum Gasteiger partial charge on any atom is -0.481 e. The van der Waals surface area contributed by atoms with Crippen molar-refractivity contribution in [2.24, 2.45) is 5.41 Å². The normalized spacial score (nSPS) is 17.1. The Morgan fingerprint density at radius 2 is 1.93 bits per heavy atom. The largest absolute Gasteiger partial charge is 0.481 e. The summed E-state index contributed by atoms with van der Waals surface area (Å²) < 4.78 is 0. The van der Waals surface area contributed by atoms with Crippen molar-refractivity contribution in [1.29, 1.82) is 0 Å². The summed E-state index contributed by atoms with van der Waals surface area (Å²) in [7, 11) is 0.